The number of pyridine rings is 1. The van der Waals surface area contributed by atoms with E-state index in [4.69, 9.17) is 9.15 Å². The van der Waals surface area contributed by atoms with Gasteiger partial charge in [-0.05, 0) is 11.6 Å². The Morgan fingerprint density at radius 1 is 0.971 bits per heavy atom. The summed E-state index contributed by atoms with van der Waals surface area (Å²) < 4.78 is 51.3. The molecule has 10 heteroatoms. The van der Waals surface area contributed by atoms with Crippen LogP contribution in [0.15, 0.2) is 89.9 Å². The number of halogens is 3. The molecular weight excluding hydrogens is 451 g/mol. The third-order valence-electron chi connectivity index (χ3n) is 4.75. The SMILES string of the molecule is O=C(OCc1ccccc1)N(C(=O)c1cnccc1C(F)(F)F)c1ocnc1-c1ccccc1. The highest BCUT2D eigenvalue weighted by Crippen LogP contribution is 2.35. The summed E-state index contributed by atoms with van der Waals surface area (Å²) in [7, 11) is 0. The first-order valence-corrected chi connectivity index (χ1v) is 9.91. The van der Waals surface area contributed by atoms with E-state index in [0.29, 0.717) is 22.1 Å². The first-order valence-electron chi connectivity index (χ1n) is 9.91. The molecule has 0 saturated carbocycles. The molecule has 2 heterocycles. The van der Waals surface area contributed by atoms with Crippen LogP contribution in [0.2, 0.25) is 0 Å². The molecule has 172 valence electrons. The van der Waals surface area contributed by atoms with E-state index in [0.717, 1.165) is 18.8 Å². The van der Waals surface area contributed by atoms with Gasteiger partial charge in [-0.3, -0.25) is 9.78 Å². The van der Waals surface area contributed by atoms with Crippen molar-refractivity contribution in [2.24, 2.45) is 0 Å². The molecule has 0 bridgehead atoms. The maximum Gasteiger partial charge on any atom is 0.424 e. The van der Waals surface area contributed by atoms with Gasteiger partial charge in [-0.2, -0.15) is 18.1 Å². The second-order valence-electron chi connectivity index (χ2n) is 6.97. The average Bonchev–Trinajstić information content (AvgIpc) is 3.33. The van der Waals surface area contributed by atoms with E-state index in [1.807, 2.05) is 0 Å². The van der Waals surface area contributed by atoms with Crippen LogP contribution in [0.5, 0.6) is 0 Å². The Labute approximate surface area is 191 Å². The number of imide groups is 1. The van der Waals surface area contributed by atoms with Crippen molar-refractivity contribution in [1.29, 1.82) is 0 Å². The van der Waals surface area contributed by atoms with Crippen molar-refractivity contribution >= 4 is 17.9 Å². The zero-order chi connectivity index (χ0) is 24.1. The second kappa shape index (κ2) is 9.57. The van der Waals surface area contributed by atoms with E-state index >= 15 is 0 Å². The Bertz CT molecular complexity index is 1290. The van der Waals surface area contributed by atoms with Gasteiger partial charge in [0.15, 0.2) is 6.39 Å². The number of amides is 2. The van der Waals surface area contributed by atoms with Crippen LogP contribution in [0.4, 0.5) is 23.8 Å². The Hall–Kier alpha value is -4.47. The summed E-state index contributed by atoms with van der Waals surface area (Å²) in [5, 5.41) is 0. The molecule has 0 aliphatic heterocycles. The van der Waals surface area contributed by atoms with Crippen molar-refractivity contribution in [3.05, 3.63) is 102 Å². The van der Waals surface area contributed by atoms with E-state index in [1.165, 1.54) is 0 Å². The fourth-order valence-electron chi connectivity index (χ4n) is 3.17. The largest absolute Gasteiger partial charge is 0.444 e. The summed E-state index contributed by atoms with van der Waals surface area (Å²) in [6, 6.07) is 17.6. The number of alkyl halides is 3. The number of nitrogens with zero attached hydrogens (tertiary/aromatic N) is 3. The van der Waals surface area contributed by atoms with Gasteiger partial charge in [-0.1, -0.05) is 60.7 Å². The minimum atomic E-state index is -4.86. The van der Waals surface area contributed by atoms with Gasteiger partial charge >= 0.3 is 12.3 Å². The van der Waals surface area contributed by atoms with Crippen molar-refractivity contribution < 1.29 is 31.9 Å². The number of carbonyl (C=O) groups excluding carboxylic acids is 2. The molecule has 0 spiro atoms. The van der Waals surface area contributed by atoms with Crippen molar-refractivity contribution in [2.75, 3.05) is 4.90 Å². The van der Waals surface area contributed by atoms with Crippen LogP contribution >= 0.6 is 0 Å². The third kappa shape index (κ3) is 4.80. The molecule has 7 nitrogen and oxygen atoms in total. The molecular formula is C24H16F3N3O4. The monoisotopic (exact) mass is 467 g/mol. The van der Waals surface area contributed by atoms with Crippen molar-refractivity contribution in [3.8, 4) is 11.3 Å². The van der Waals surface area contributed by atoms with Gasteiger partial charge in [0.05, 0.1) is 11.1 Å². The number of hydrogen-bond acceptors (Lipinski definition) is 6. The van der Waals surface area contributed by atoms with Crippen molar-refractivity contribution in [2.45, 2.75) is 12.8 Å². The number of ether oxygens (including phenoxy) is 1. The fourth-order valence-corrected chi connectivity index (χ4v) is 3.17. The standard InChI is InChI=1S/C24H16F3N3O4/c25-24(26,27)19-11-12-28-13-18(19)21(31)30(23(32)33-14-16-7-3-1-4-8-16)22-20(29-15-34-22)17-9-5-2-6-10-17/h1-13,15H,14H2. The van der Waals surface area contributed by atoms with Crippen LogP contribution in [0, 0.1) is 0 Å². The quantitative estimate of drug-likeness (QED) is 0.372. The van der Waals surface area contributed by atoms with Gasteiger partial charge in [0, 0.05) is 18.0 Å². The van der Waals surface area contributed by atoms with Crippen molar-refractivity contribution in [1.82, 2.24) is 9.97 Å². The molecule has 0 N–H and O–H groups in total. The Kier molecular flexibility index (Phi) is 6.39. The fraction of sp³-hybridized carbons (Fsp3) is 0.0833. The minimum absolute atomic E-state index is 0.0723. The minimum Gasteiger partial charge on any atom is -0.444 e. The van der Waals surface area contributed by atoms with Crippen LogP contribution in [0.25, 0.3) is 11.3 Å². The van der Waals surface area contributed by atoms with E-state index < -0.39 is 29.3 Å². The molecule has 2 aromatic carbocycles. The predicted octanol–water partition coefficient (Wildman–Crippen LogP) is 5.74. The van der Waals surface area contributed by atoms with E-state index in [2.05, 4.69) is 9.97 Å². The van der Waals surface area contributed by atoms with Gasteiger partial charge in [0.1, 0.15) is 12.3 Å². The molecule has 0 atom stereocenters. The van der Waals surface area contributed by atoms with Crippen molar-refractivity contribution in [3.63, 3.8) is 0 Å². The highest BCUT2D eigenvalue weighted by Gasteiger charge is 2.40. The summed E-state index contributed by atoms with van der Waals surface area (Å²) >= 11 is 0. The molecule has 0 unspecified atom stereocenters. The smallest absolute Gasteiger partial charge is 0.424 e. The molecule has 2 aromatic heterocycles. The first kappa shape index (κ1) is 22.7. The lowest BCUT2D eigenvalue weighted by atomic mass is 10.1. The van der Waals surface area contributed by atoms with Gasteiger partial charge in [0.25, 0.3) is 5.91 Å². The average molecular weight is 467 g/mol. The molecule has 0 saturated heterocycles. The van der Waals surface area contributed by atoms with Crippen LogP contribution in [0.3, 0.4) is 0 Å². The summed E-state index contributed by atoms with van der Waals surface area (Å²) in [5.74, 6) is -1.71. The summed E-state index contributed by atoms with van der Waals surface area (Å²) in [6.07, 6.45) is -3.48. The summed E-state index contributed by atoms with van der Waals surface area (Å²) in [5.41, 5.74) is -0.942. The zero-order valence-electron chi connectivity index (χ0n) is 17.4. The number of aromatic nitrogens is 2. The second-order valence-corrected chi connectivity index (χ2v) is 6.97. The highest BCUT2D eigenvalue weighted by molar-refractivity contribution is 6.20. The van der Waals surface area contributed by atoms with Gasteiger partial charge in [0.2, 0.25) is 5.88 Å². The normalized spacial score (nSPS) is 11.1. The molecule has 0 aliphatic rings. The molecule has 4 aromatic rings. The number of anilines is 1. The van der Waals surface area contributed by atoms with E-state index in [-0.39, 0.29) is 18.2 Å². The number of oxazole rings is 1. The Balaban J connectivity index is 1.77. The molecule has 0 aliphatic carbocycles. The topological polar surface area (TPSA) is 85.5 Å². The maximum atomic E-state index is 13.6. The molecule has 2 amide bonds. The van der Waals surface area contributed by atoms with Gasteiger partial charge in [-0.25, -0.2) is 9.78 Å². The lowest BCUT2D eigenvalue weighted by Gasteiger charge is -2.20. The van der Waals surface area contributed by atoms with Gasteiger partial charge < -0.3 is 9.15 Å². The highest BCUT2D eigenvalue weighted by atomic mass is 19.4. The summed E-state index contributed by atoms with van der Waals surface area (Å²) in [6.45, 7) is -0.225. The number of rotatable bonds is 5. The van der Waals surface area contributed by atoms with Crippen LogP contribution < -0.4 is 4.90 Å². The summed E-state index contributed by atoms with van der Waals surface area (Å²) in [4.78, 5) is 34.5. The van der Waals surface area contributed by atoms with E-state index in [9.17, 15) is 22.8 Å². The maximum absolute atomic E-state index is 13.6. The van der Waals surface area contributed by atoms with Gasteiger partial charge in [-0.15, -0.1) is 0 Å². The zero-order valence-corrected chi connectivity index (χ0v) is 17.4. The third-order valence-corrected chi connectivity index (χ3v) is 4.75. The predicted molar refractivity (Wildman–Crippen MR) is 115 cm³/mol. The lowest BCUT2D eigenvalue weighted by Crippen LogP contribution is -2.38. The number of carbonyl (C=O) groups is 2. The number of benzene rings is 2. The lowest BCUT2D eigenvalue weighted by molar-refractivity contribution is -0.138. The Morgan fingerprint density at radius 2 is 1.65 bits per heavy atom. The van der Waals surface area contributed by atoms with E-state index in [1.54, 1.807) is 60.7 Å². The first-order chi connectivity index (χ1) is 16.4. The molecule has 0 radical (unpaired) electrons. The van der Waals surface area contributed by atoms with Crippen LogP contribution in [0.1, 0.15) is 21.5 Å². The molecule has 34 heavy (non-hydrogen) atoms. The van der Waals surface area contributed by atoms with Crippen LogP contribution in [-0.4, -0.2) is 22.0 Å². The number of hydrogen-bond donors (Lipinski definition) is 0. The molecule has 4 rings (SSSR count). The van der Waals surface area contributed by atoms with Crippen LogP contribution in [-0.2, 0) is 17.5 Å². The Morgan fingerprint density at radius 3 is 2.32 bits per heavy atom. The molecule has 0 fully saturated rings.